The van der Waals surface area contributed by atoms with Gasteiger partial charge in [0.1, 0.15) is 11.5 Å². The van der Waals surface area contributed by atoms with E-state index in [2.05, 4.69) is 20.4 Å². The summed E-state index contributed by atoms with van der Waals surface area (Å²) in [5.41, 5.74) is 9.64. The lowest BCUT2D eigenvalue weighted by Gasteiger charge is -2.12. The van der Waals surface area contributed by atoms with Gasteiger partial charge in [0.15, 0.2) is 11.8 Å². The van der Waals surface area contributed by atoms with Crippen LogP contribution in [0.5, 0.6) is 11.5 Å². The lowest BCUT2D eigenvalue weighted by atomic mass is 10.2. The Labute approximate surface area is 187 Å². The van der Waals surface area contributed by atoms with Crippen molar-refractivity contribution in [2.24, 2.45) is 10.7 Å². The first-order chi connectivity index (χ1) is 13.5. The van der Waals surface area contributed by atoms with Gasteiger partial charge in [-0.15, -0.1) is 24.0 Å². The minimum absolute atomic E-state index is 0. The summed E-state index contributed by atoms with van der Waals surface area (Å²) < 4.78 is 12.4. The van der Waals surface area contributed by atoms with Crippen LogP contribution in [-0.4, -0.2) is 34.9 Å². The van der Waals surface area contributed by atoms with Crippen LogP contribution in [0.4, 0.5) is 5.69 Å². The number of nitrogens with two attached hydrogens (primary N) is 1. The number of aromatic nitrogens is 3. The smallest absolute Gasteiger partial charge is 0.193 e. The third kappa shape index (κ3) is 5.59. The Balaban J connectivity index is 0.00000300. The van der Waals surface area contributed by atoms with Gasteiger partial charge in [-0.25, -0.2) is 14.7 Å². The Morgan fingerprint density at radius 1 is 1.14 bits per heavy atom. The molecule has 3 aromatic rings. The van der Waals surface area contributed by atoms with Crippen LogP contribution in [0.3, 0.4) is 0 Å². The molecule has 0 saturated heterocycles. The van der Waals surface area contributed by atoms with E-state index in [0.717, 1.165) is 22.8 Å². The fraction of sp³-hybridized carbons (Fsp3) is 0.250. The van der Waals surface area contributed by atoms with E-state index in [0.29, 0.717) is 23.7 Å². The van der Waals surface area contributed by atoms with Crippen molar-refractivity contribution in [1.29, 1.82) is 0 Å². The zero-order valence-electron chi connectivity index (χ0n) is 16.8. The maximum Gasteiger partial charge on any atom is 0.193 e. The third-order valence-electron chi connectivity index (χ3n) is 4.14. The molecule has 3 N–H and O–H groups in total. The van der Waals surface area contributed by atoms with Crippen molar-refractivity contribution in [1.82, 2.24) is 14.8 Å². The van der Waals surface area contributed by atoms with E-state index in [1.54, 1.807) is 32.5 Å². The van der Waals surface area contributed by atoms with E-state index >= 15 is 0 Å². The molecule has 0 aliphatic carbocycles. The molecule has 0 atom stereocenters. The van der Waals surface area contributed by atoms with E-state index in [4.69, 9.17) is 15.2 Å². The summed E-state index contributed by atoms with van der Waals surface area (Å²) in [6, 6.07) is 11.3. The van der Waals surface area contributed by atoms with Crippen molar-refractivity contribution in [3.63, 3.8) is 0 Å². The number of nitrogens with one attached hydrogen (secondary N) is 1. The number of pyridine rings is 1. The van der Waals surface area contributed by atoms with Gasteiger partial charge >= 0.3 is 0 Å². The summed E-state index contributed by atoms with van der Waals surface area (Å²) in [6.07, 6.45) is 1.77. The molecule has 154 valence electrons. The number of guanidine groups is 1. The van der Waals surface area contributed by atoms with Crippen LogP contribution in [-0.2, 0) is 6.54 Å². The van der Waals surface area contributed by atoms with Gasteiger partial charge in [-0.3, -0.25) is 0 Å². The summed E-state index contributed by atoms with van der Waals surface area (Å²) in [6.45, 7) is 4.36. The molecular formula is C20H25IN6O2. The molecule has 0 saturated carbocycles. The lowest BCUT2D eigenvalue weighted by molar-refractivity contribution is 0.405. The first-order valence-corrected chi connectivity index (χ1v) is 8.77. The number of anilines is 1. The molecule has 0 bridgehead atoms. The molecule has 8 nitrogen and oxygen atoms in total. The molecule has 1 aromatic carbocycles. The zero-order valence-corrected chi connectivity index (χ0v) is 19.2. The van der Waals surface area contributed by atoms with E-state index in [9.17, 15) is 0 Å². The van der Waals surface area contributed by atoms with E-state index in [1.807, 2.05) is 42.8 Å². The maximum absolute atomic E-state index is 6.02. The summed E-state index contributed by atoms with van der Waals surface area (Å²) in [5.74, 6) is 2.38. The average molecular weight is 508 g/mol. The van der Waals surface area contributed by atoms with Crippen LogP contribution in [0, 0.1) is 13.8 Å². The van der Waals surface area contributed by atoms with Crippen LogP contribution < -0.4 is 20.5 Å². The quantitative estimate of drug-likeness (QED) is 0.301. The highest BCUT2D eigenvalue weighted by Crippen LogP contribution is 2.28. The Kier molecular flexibility index (Phi) is 7.82. The van der Waals surface area contributed by atoms with Crippen LogP contribution in [0.15, 0.2) is 47.6 Å². The van der Waals surface area contributed by atoms with Gasteiger partial charge in [-0.2, -0.15) is 5.10 Å². The second-order valence-electron chi connectivity index (χ2n) is 6.26. The number of halogens is 1. The number of hydrogen-bond donors (Lipinski definition) is 2. The standard InChI is InChI=1S/C20H24N6O2.HI/c1-13-9-14(2)26(25-13)19-8-5-15(11-22-19)12-23-20(21)24-17-10-16(27-3)6-7-18(17)28-4;/h5-11H,12H2,1-4H3,(H3,21,23,24);1H. The molecule has 0 aliphatic rings. The number of nitrogens with zero attached hydrogens (tertiary/aromatic N) is 4. The predicted molar refractivity (Wildman–Crippen MR) is 125 cm³/mol. The molecule has 0 spiro atoms. The summed E-state index contributed by atoms with van der Waals surface area (Å²) in [5, 5.41) is 7.48. The fourth-order valence-corrected chi connectivity index (χ4v) is 2.76. The number of rotatable bonds is 6. The number of benzene rings is 1. The summed E-state index contributed by atoms with van der Waals surface area (Å²) >= 11 is 0. The predicted octanol–water partition coefficient (Wildman–Crippen LogP) is 3.45. The van der Waals surface area contributed by atoms with E-state index in [-0.39, 0.29) is 29.9 Å². The molecule has 2 aromatic heterocycles. The summed E-state index contributed by atoms with van der Waals surface area (Å²) in [4.78, 5) is 8.84. The number of aliphatic imine (C=N–C) groups is 1. The number of methoxy groups -OCH3 is 2. The SMILES string of the molecule is COc1ccc(OC)c(NC(N)=NCc2ccc(-n3nc(C)cc3C)nc2)c1.I. The molecular weight excluding hydrogens is 483 g/mol. The number of ether oxygens (including phenoxy) is 2. The van der Waals surface area contributed by atoms with Gasteiger partial charge < -0.3 is 20.5 Å². The highest BCUT2D eigenvalue weighted by Gasteiger charge is 2.07. The average Bonchev–Trinajstić information content (AvgIpc) is 3.04. The van der Waals surface area contributed by atoms with Gasteiger partial charge in [0.2, 0.25) is 0 Å². The van der Waals surface area contributed by atoms with Crippen molar-refractivity contribution in [3.05, 3.63) is 59.5 Å². The van der Waals surface area contributed by atoms with Crippen molar-refractivity contribution in [3.8, 4) is 17.3 Å². The largest absolute Gasteiger partial charge is 0.497 e. The second-order valence-corrected chi connectivity index (χ2v) is 6.26. The molecule has 0 fully saturated rings. The molecule has 29 heavy (non-hydrogen) atoms. The number of hydrogen-bond acceptors (Lipinski definition) is 5. The fourth-order valence-electron chi connectivity index (χ4n) is 2.76. The first-order valence-electron chi connectivity index (χ1n) is 8.77. The molecule has 0 radical (unpaired) electrons. The van der Waals surface area contributed by atoms with Gasteiger partial charge in [0.05, 0.1) is 32.1 Å². The van der Waals surface area contributed by atoms with Crippen LogP contribution in [0.1, 0.15) is 17.0 Å². The van der Waals surface area contributed by atoms with E-state index < -0.39 is 0 Å². The molecule has 0 amide bonds. The van der Waals surface area contributed by atoms with Gasteiger partial charge in [-0.1, -0.05) is 6.07 Å². The molecule has 2 heterocycles. The summed E-state index contributed by atoms with van der Waals surface area (Å²) in [7, 11) is 3.20. The molecule has 0 aliphatic heterocycles. The minimum Gasteiger partial charge on any atom is -0.497 e. The van der Waals surface area contributed by atoms with Crippen LogP contribution >= 0.6 is 24.0 Å². The van der Waals surface area contributed by atoms with Crippen LogP contribution in [0.25, 0.3) is 5.82 Å². The highest BCUT2D eigenvalue weighted by atomic mass is 127. The Morgan fingerprint density at radius 3 is 2.52 bits per heavy atom. The lowest BCUT2D eigenvalue weighted by Crippen LogP contribution is -2.23. The van der Waals surface area contributed by atoms with Crippen LogP contribution in [0.2, 0.25) is 0 Å². The molecule has 0 unspecified atom stereocenters. The van der Waals surface area contributed by atoms with Gasteiger partial charge in [0, 0.05) is 18.0 Å². The van der Waals surface area contributed by atoms with Gasteiger partial charge in [0.25, 0.3) is 0 Å². The monoisotopic (exact) mass is 508 g/mol. The normalized spacial score (nSPS) is 11.0. The zero-order chi connectivity index (χ0) is 20.1. The van der Waals surface area contributed by atoms with E-state index in [1.165, 1.54) is 0 Å². The Morgan fingerprint density at radius 2 is 1.93 bits per heavy atom. The van der Waals surface area contributed by atoms with Gasteiger partial charge in [-0.05, 0) is 43.7 Å². The van der Waals surface area contributed by atoms with Crippen molar-refractivity contribution >= 4 is 35.6 Å². The van der Waals surface area contributed by atoms with Crippen molar-refractivity contribution < 1.29 is 9.47 Å². The number of aryl methyl sites for hydroxylation is 2. The molecule has 9 heteroatoms. The first kappa shape index (κ1) is 22.5. The Bertz CT molecular complexity index is 985. The van der Waals surface area contributed by atoms with Crippen molar-refractivity contribution in [2.45, 2.75) is 20.4 Å². The third-order valence-corrected chi connectivity index (χ3v) is 4.14. The molecule has 3 rings (SSSR count). The second kappa shape index (κ2) is 10.1. The maximum atomic E-state index is 6.02. The minimum atomic E-state index is 0. The van der Waals surface area contributed by atoms with Crippen molar-refractivity contribution in [2.75, 3.05) is 19.5 Å². The topological polar surface area (TPSA) is 99.6 Å². The highest BCUT2D eigenvalue weighted by molar-refractivity contribution is 14.0. The Hall–Kier alpha value is -2.82.